The lowest BCUT2D eigenvalue weighted by Crippen LogP contribution is -2.37. The first-order valence-electron chi connectivity index (χ1n) is 14.2. The fraction of sp³-hybridized carbons (Fsp3) is 0.893. The van der Waals surface area contributed by atoms with Crippen molar-refractivity contribution in [2.24, 2.45) is 0 Å². The molecule has 1 heterocycles. The van der Waals surface area contributed by atoms with Gasteiger partial charge in [0.25, 0.3) is 0 Å². The van der Waals surface area contributed by atoms with Crippen LogP contribution >= 0.6 is 0 Å². The number of hydrogen-bond donors (Lipinski definition) is 2. The van der Waals surface area contributed by atoms with Crippen LogP contribution in [0.4, 0.5) is 0 Å². The van der Waals surface area contributed by atoms with E-state index in [1.807, 2.05) is 10.9 Å². The molecule has 0 bridgehead atoms. The molecule has 0 aliphatic carbocycles. The Morgan fingerprint density at radius 2 is 1.29 bits per heavy atom. The third-order valence-electron chi connectivity index (χ3n) is 6.59. The van der Waals surface area contributed by atoms with Crippen LogP contribution in [0.5, 0.6) is 0 Å². The van der Waals surface area contributed by atoms with Crippen molar-refractivity contribution < 1.29 is 10.2 Å². The highest BCUT2D eigenvalue weighted by molar-refractivity contribution is 5.04. The molecular formula is C28H56N4O2. The second-order valence-corrected chi connectivity index (χ2v) is 10.5. The normalized spacial score (nSPS) is 13.8. The van der Waals surface area contributed by atoms with Crippen LogP contribution in [0, 0.1) is 0 Å². The minimum absolute atomic E-state index is 0.337. The van der Waals surface area contributed by atoms with E-state index in [0.717, 1.165) is 50.9 Å². The van der Waals surface area contributed by atoms with E-state index in [2.05, 4.69) is 49.0 Å². The second-order valence-electron chi connectivity index (χ2n) is 10.5. The lowest BCUT2D eigenvalue weighted by atomic mass is 10.1. The summed E-state index contributed by atoms with van der Waals surface area (Å²) in [5.74, 6) is 0. The molecular weight excluding hydrogens is 424 g/mol. The number of unbranched alkanes of at least 4 members (excludes halogenated alkanes) is 10. The Labute approximate surface area is 210 Å². The van der Waals surface area contributed by atoms with E-state index < -0.39 is 0 Å². The summed E-state index contributed by atoms with van der Waals surface area (Å²) >= 11 is 0. The highest BCUT2D eigenvalue weighted by Crippen LogP contribution is 2.14. The first-order valence-corrected chi connectivity index (χ1v) is 14.2. The van der Waals surface area contributed by atoms with Crippen molar-refractivity contribution in [3.63, 3.8) is 0 Å². The summed E-state index contributed by atoms with van der Waals surface area (Å²) in [4.78, 5) is 4.39. The van der Waals surface area contributed by atoms with Crippen LogP contribution in [0.3, 0.4) is 0 Å². The Morgan fingerprint density at radius 1 is 0.794 bits per heavy atom. The lowest BCUT2D eigenvalue weighted by molar-refractivity contribution is 0.0567. The predicted molar refractivity (Wildman–Crippen MR) is 144 cm³/mol. The first-order chi connectivity index (χ1) is 16.4. The van der Waals surface area contributed by atoms with Crippen molar-refractivity contribution >= 4 is 0 Å². The Morgan fingerprint density at radius 3 is 1.79 bits per heavy atom. The molecule has 34 heavy (non-hydrogen) atoms. The van der Waals surface area contributed by atoms with Crippen LogP contribution in [0.2, 0.25) is 0 Å². The zero-order valence-electron chi connectivity index (χ0n) is 22.9. The molecule has 1 aromatic heterocycles. The standard InChI is InChI=1S/C28H56N4O2/c1-5-7-9-11-13-15-17-27(33)24-31(25-28(34)18-16-14-12-10-8-6-2)22-26-21-29-32(23-26)20-19-30(3)4/h21,23,27-28,33-34H,5-20,22,24-25H2,1-4H3/t27-,28+. The number of likely N-dealkylation sites (N-methyl/N-ethyl adjacent to an activating group) is 1. The Balaban J connectivity index is 2.51. The van der Waals surface area contributed by atoms with E-state index in [-0.39, 0.29) is 12.2 Å². The highest BCUT2D eigenvalue weighted by atomic mass is 16.3. The molecule has 0 saturated carbocycles. The molecule has 0 aliphatic heterocycles. The Kier molecular flexibility index (Phi) is 18.5. The van der Waals surface area contributed by atoms with Gasteiger partial charge in [-0.15, -0.1) is 0 Å². The van der Waals surface area contributed by atoms with Gasteiger partial charge < -0.3 is 15.1 Å². The summed E-state index contributed by atoms with van der Waals surface area (Å²) < 4.78 is 1.99. The molecule has 1 aromatic rings. The molecule has 0 aliphatic rings. The van der Waals surface area contributed by atoms with Gasteiger partial charge in [-0.3, -0.25) is 9.58 Å². The molecule has 0 fully saturated rings. The highest BCUT2D eigenvalue weighted by Gasteiger charge is 2.17. The van der Waals surface area contributed by atoms with Crippen molar-refractivity contribution in [3.8, 4) is 0 Å². The minimum atomic E-state index is -0.337. The SMILES string of the molecule is CCCCCCCC[C@@H](O)CN(Cc1cnn(CCN(C)C)c1)C[C@@H](O)CCCCCCCC. The predicted octanol–water partition coefficient (Wildman–Crippen LogP) is 5.47. The maximum absolute atomic E-state index is 10.7. The summed E-state index contributed by atoms with van der Waals surface area (Å²) in [5, 5.41) is 25.9. The summed E-state index contributed by atoms with van der Waals surface area (Å²) in [5.41, 5.74) is 1.15. The van der Waals surface area contributed by atoms with E-state index in [4.69, 9.17) is 0 Å². The molecule has 0 radical (unpaired) electrons. The first kappa shape index (κ1) is 31.1. The van der Waals surface area contributed by atoms with Gasteiger partial charge in [-0.2, -0.15) is 5.10 Å². The van der Waals surface area contributed by atoms with Gasteiger partial charge in [-0.25, -0.2) is 0 Å². The zero-order chi connectivity index (χ0) is 25.0. The number of rotatable bonds is 23. The summed E-state index contributed by atoms with van der Waals surface area (Å²) in [6.07, 6.45) is 20.0. The molecule has 2 atom stereocenters. The molecule has 2 N–H and O–H groups in total. The van der Waals surface area contributed by atoms with Crippen molar-refractivity contribution in [1.82, 2.24) is 19.6 Å². The van der Waals surface area contributed by atoms with E-state index in [1.165, 1.54) is 64.2 Å². The van der Waals surface area contributed by atoms with Crippen molar-refractivity contribution in [2.75, 3.05) is 33.7 Å². The fourth-order valence-corrected chi connectivity index (χ4v) is 4.47. The average molecular weight is 481 g/mol. The van der Waals surface area contributed by atoms with Crippen LogP contribution in [0.15, 0.2) is 12.4 Å². The van der Waals surface area contributed by atoms with Gasteiger partial charge in [0.1, 0.15) is 0 Å². The quantitative estimate of drug-likeness (QED) is 0.203. The zero-order valence-corrected chi connectivity index (χ0v) is 22.9. The topological polar surface area (TPSA) is 64.8 Å². The van der Waals surface area contributed by atoms with E-state index >= 15 is 0 Å². The molecule has 0 saturated heterocycles. The molecule has 0 amide bonds. The second kappa shape index (κ2) is 20.3. The van der Waals surface area contributed by atoms with Crippen LogP contribution in [0.25, 0.3) is 0 Å². The van der Waals surface area contributed by atoms with Gasteiger partial charge in [0.15, 0.2) is 0 Å². The van der Waals surface area contributed by atoms with Crippen molar-refractivity contribution in [1.29, 1.82) is 0 Å². The average Bonchev–Trinajstić information content (AvgIpc) is 3.24. The van der Waals surface area contributed by atoms with Crippen LogP contribution < -0.4 is 0 Å². The largest absolute Gasteiger partial charge is 0.392 e. The third-order valence-corrected chi connectivity index (χ3v) is 6.59. The minimum Gasteiger partial charge on any atom is -0.392 e. The van der Waals surface area contributed by atoms with Crippen LogP contribution in [-0.4, -0.2) is 75.7 Å². The molecule has 0 unspecified atom stereocenters. The number of aliphatic hydroxyl groups excluding tert-OH is 2. The molecule has 0 aromatic carbocycles. The number of aromatic nitrogens is 2. The van der Waals surface area contributed by atoms with Gasteiger partial charge in [0, 0.05) is 37.9 Å². The van der Waals surface area contributed by atoms with Gasteiger partial charge >= 0.3 is 0 Å². The van der Waals surface area contributed by atoms with Gasteiger partial charge in [0.2, 0.25) is 0 Å². The molecule has 6 heteroatoms. The van der Waals surface area contributed by atoms with Gasteiger partial charge in [0.05, 0.1) is 24.9 Å². The number of nitrogens with zero attached hydrogens (tertiary/aromatic N) is 4. The number of hydrogen-bond acceptors (Lipinski definition) is 5. The van der Waals surface area contributed by atoms with Gasteiger partial charge in [-0.1, -0.05) is 90.9 Å². The Bertz CT molecular complexity index is 555. The summed E-state index contributed by atoms with van der Waals surface area (Å²) in [6.45, 7) is 8.27. The van der Waals surface area contributed by atoms with E-state index in [1.54, 1.807) is 0 Å². The van der Waals surface area contributed by atoms with Crippen LogP contribution in [0.1, 0.15) is 109 Å². The van der Waals surface area contributed by atoms with Crippen molar-refractivity contribution in [3.05, 3.63) is 18.0 Å². The fourth-order valence-electron chi connectivity index (χ4n) is 4.47. The third kappa shape index (κ3) is 16.6. The van der Waals surface area contributed by atoms with Gasteiger partial charge in [-0.05, 0) is 26.9 Å². The molecule has 0 spiro atoms. The van der Waals surface area contributed by atoms with E-state index in [0.29, 0.717) is 13.1 Å². The molecule has 6 nitrogen and oxygen atoms in total. The smallest absolute Gasteiger partial charge is 0.0667 e. The maximum atomic E-state index is 10.7. The van der Waals surface area contributed by atoms with Crippen LogP contribution in [-0.2, 0) is 13.1 Å². The Hall–Kier alpha value is -0.950. The molecule has 1 rings (SSSR count). The summed E-state index contributed by atoms with van der Waals surface area (Å²) in [6, 6.07) is 0. The lowest BCUT2D eigenvalue weighted by Gasteiger charge is -2.27. The number of aliphatic hydroxyl groups is 2. The van der Waals surface area contributed by atoms with E-state index in [9.17, 15) is 10.2 Å². The monoisotopic (exact) mass is 480 g/mol. The van der Waals surface area contributed by atoms with Crippen molar-refractivity contribution in [2.45, 2.75) is 129 Å². The summed E-state index contributed by atoms with van der Waals surface area (Å²) in [7, 11) is 4.14. The molecule has 200 valence electrons. The maximum Gasteiger partial charge on any atom is 0.0667 e.